The van der Waals surface area contributed by atoms with Crippen LogP contribution in [0.15, 0.2) is 24.3 Å². The van der Waals surface area contributed by atoms with Crippen LogP contribution in [-0.2, 0) is 25.5 Å². The van der Waals surface area contributed by atoms with Crippen LogP contribution < -0.4 is 16.0 Å². The number of nitrogens with zero attached hydrogens (tertiary/aromatic N) is 1. The number of likely N-dealkylation sites (N-methyl/N-ethyl adjacent to an activating group) is 1. The molecule has 4 aliphatic rings. The normalized spacial score (nSPS) is 29.9. The minimum Gasteiger partial charge on any atom is -0.358 e. The van der Waals surface area contributed by atoms with Crippen LogP contribution in [-0.4, -0.2) is 61.1 Å². The van der Waals surface area contributed by atoms with E-state index in [1.807, 2.05) is 12.1 Å². The first-order valence-corrected chi connectivity index (χ1v) is 12.8. The zero-order chi connectivity index (χ0) is 23.7. The van der Waals surface area contributed by atoms with Crippen molar-refractivity contribution in [3.8, 4) is 0 Å². The van der Waals surface area contributed by atoms with Gasteiger partial charge in [0.2, 0.25) is 17.7 Å². The van der Waals surface area contributed by atoms with Crippen molar-refractivity contribution in [1.29, 1.82) is 0 Å². The molecule has 2 saturated heterocycles. The van der Waals surface area contributed by atoms with Gasteiger partial charge in [0.15, 0.2) is 0 Å². The molecule has 34 heavy (non-hydrogen) atoms. The summed E-state index contributed by atoms with van der Waals surface area (Å²) in [6.07, 6.45) is 7.63. The average Bonchev–Trinajstić information content (AvgIpc) is 3.39. The third-order valence-electron chi connectivity index (χ3n) is 8.23. The van der Waals surface area contributed by atoms with Crippen molar-refractivity contribution in [2.24, 2.45) is 5.41 Å². The molecule has 1 aromatic carbocycles. The quantitative estimate of drug-likeness (QED) is 0.612. The van der Waals surface area contributed by atoms with E-state index in [-0.39, 0.29) is 35.7 Å². The molecule has 5 rings (SSSR count). The summed E-state index contributed by atoms with van der Waals surface area (Å²) in [6, 6.07) is 7.05. The van der Waals surface area contributed by atoms with Crippen LogP contribution >= 0.6 is 0 Å². The van der Waals surface area contributed by atoms with E-state index in [4.69, 9.17) is 4.74 Å². The lowest BCUT2D eigenvalue weighted by molar-refractivity contribution is -0.150. The van der Waals surface area contributed by atoms with Gasteiger partial charge in [-0.25, -0.2) is 0 Å². The van der Waals surface area contributed by atoms with Gasteiger partial charge in [-0.15, -0.1) is 0 Å². The lowest BCUT2D eigenvalue weighted by Gasteiger charge is -2.37. The maximum Gasteiger partial charge on any atom is 0.247 e. The Bertz CT molecular complexity index is 944. The number of carbonyl (C=O) groups excluding carboxylic acids is 3. The molecule has 3 fully saturated rings. The minimum absolute atomic E-state index is 0.0379. The zero-order valence-electron chi connectivity index (χ0n) is 20.0. The van der Waals surface area contributed by atoms with E-state index in [0.717, 1.165) is 44.9 Å². The largest absolute Gasteiger partial charge is 0.358 e. The van der Waals surface area contributed by atoms with Crippen molar-refractivity contribution in [1.82, 2.24) is 20.9 Å². The number of nitrogens with one attached hydrogen (secondary N) is 3. The van der Waals surface area contributed by atoms with Crippen LogP contribution in [0.25, 0.3) is 0 Å². The van der Waals surface area contributed by atoms with Gasteiger partial charge in [-0.1, -0.05) is 37.1 Å². The molecule has 0 bridgehead atoms. The lowest BCUT2D eigenvalue weighted by atomic mass is 9.77. The highest BCUT2D eigenvalue weighted by Gasteiger charge is 2.59. The standard InChI is InChI=1S/C26H36N4O4/c1-27-16-21(31)28-20-11-14-34-22-15-26(12-4-5-13-26)23(30(22)25(20)33)24(32)29-19-10-6-8-17-7-2-3-9-18(17)19/h2-3,7,9,19-20,22-23,27H,4-6,8,10-16H2,1H3,(H,28,31)(H,29,32)/t19-,20+,22?,23?/m1/s1. The Kier molecular flexibility index (Phi) is 6.62. The monoisotopic (exact) mass is 468 g/mol. The summed E-state index contributed by atoms with van der Waals surface area (Å²) < 4.78 is 6.14. The Balaban J connectivity index is 1.42. The van der Waals surface area contributed by atoms with Crippen LogP contribution in [0, 0.1) is 5.41 Å². The molecule has 2 heterocycles. The Labute approximate surface area is 201 Å². The zero-order valence-corrected chi connectivity index (χ0v) is 20.0. The van der Waals surface area contributed by atoms with Gasteiger partial charge in [0.1, 0.15) is 18.3 Å². The topological polar surface area (TPSA) is 99.8 Å². The van der Waals surface area contributed by atoms with Crippen molar-refractivity contribution < 1.29 is 19.1 Å². The first-order chi connectivity index (χ1) is 16.5. The Morgan fingerprint density at radius 1 is 1.09 bits per heavy atom. The number of hydrogen-bond donors (Lipinski definition) is 3. The molecule has 1 saturated carbocycles. The van der Waals surface area contributed by atoms with Crippen molar-refractivity contribution in [2.45, 2.75) is 82.1 Å². The van der Waals surface area contributed by atoms with Gasteiger partial charge in [0, 0.05) is 18.3 Å². The fourth-order valence-corrected chi connectivity index (χ4v) is 6.71. The van der Waals surface area contributed by atoms with Gasteiger partial charge >= 0.3 is 0 Å². The fraction of sp³-hybridized carbons (Fsp3) is 0.654. The fourth-order valence-electron chi connectivity index (χ4n) is 6.71. The number of amides is 3. The summed E-state index contributed by atoms with van der Waals surface area (Å²) >= 11 is 0. The highest BCUT2D eigenvalue weighted by molar-refractivity contribution is 5.94. The number of benzene rings is 1. The van der Waals surface area contributed by atoms with E-state index in [9.17, 15) is 14.4 Å². The Morgan fingerprint density at radius 3 is 2.68 bits per heavy atom. The molecule has 4 atom stereocenters. The van der Waals surface area contributed by atoms with Gasteiger partial charge in [0.25, 0.3) is 0 Å². The van der Waals surface area contributed by atoms with E-state index < -0.39 is 18.3 Å². The van der Waals surface area contributed by atoms with E-state index in [1.165, 1.54) is 11.1 Å². The first-order valence-electron chi connectivity index (χ1n) is 12.8. The summed E-state index contributed by atoms with van der Waals surface area (Å²) in [7, 11) is 1.70. The maximum absolute atomic E-state index is 14.0. The Hall–Kier alpha value is -2.45. The first kappa shape index (κ1) is 23.3. The van der Waals surface area contributed by atoms with Gasteiger partial charge in [0.05, 0.1) is 19.2 Å². The van der Waals surface area contributed by atoms with Crippen molar-refractivity contribution in [3.63, 3.8) is 0 Å². The molecular weight excluding hydrogens is 432 g/mol. The SMILES string of the molecule is CNCC(=O)N[C@H]1CCOC2CC3(CCCC3)C(C(=O)N[C@@H]3CCCc4ccccc43)N2C1=O. The molecule has 8 nitrogen and oxygen atoms in total. The molecule has 184 valence electrons. The summed E-state index contributed by atoms with van der Waals surface area (Å²) in [5, 5.41) is 9.00. The predicted molar refractivity (Wildman–Crippen MR) is 127 cm³/mol. The predicted octanol–water partition coefficient (Wildman–Crippen LogP) is 1.79. The van der Waals surface area contributed by atoms with Crippen LogP contribution in [0.3, 0.4) is 0 Å². The molecule has 8 heteroatoms. The molecular formula is C26H36N4O4. The van der Waals surface area contributed by atoms with Crippen molar-refractivity contribution in [2.75, 3.05) is 20.2 Å². The van der Waals surface area contributed by atoms with E-state index >= 15 is 0 Å². The molecule has 3 amide bonds. The molecule has 2 aliphatic carbocycles. The number of aryl methyl sites for hydroxylation is 1. The number of fused-ring (bicyclic) bond motifs is 2. The molecule has 0 radical (unpaired) electrons. The highest BCUT2D eigenvalue weighted by Crippen LogP contribution is 2.53. The Morgan fingerprint density at radius 2 is 1.88 bits per heavy atom. The third kappa shape index (κ3) is 4.22. The van der Waals surface area contributed by atoms with Crippen LogP contribution in [0.1, 0.15) is 68.5 Å². The second-order valence-electron chi connectivity index (χ2n) is 10.3. The van der Waals surface area contributed by atoms with E-state index in [2.05, 4.69) is 28.1 Å². The summed E-state index contributed by atoms with van der Waals surface area (Å²) in [5.74, 6) is -0.501. The lowest BCUT2D eigenvalue weighted by Crippen LogP contribution is -2.58. The summed E-state index contributed by atoms with van der Waals surface area (Å²) in [5.41, 5.74) is 2.23. The smallest absolute Gasteiger partial charge is 0.247 e. The van der Waals surface area contributed by atoms with Gasteiger partial charge in [-0.05, 0) is 50.3 Å². The molecule has 1 aromatic rings. The molecule has 1 spiro atoms. The minimum atomic E-state index is -0.673. The van der Waals surface area contributed by atoms with Crippen LogP contribution in [0.2, 0.25) is 0 Å². The maximum atomic E-state index is 14.0. The van der Waals surface area contributed by atoms with Crippen LogP contribution in [0.5, 0.6) is 0 Å². The second kappa shape index (κ2) is 9.66. The highest BCUT2D eigenvalue weighted by atomic mass is 16.5. The van der Waals surface area contributed by atoms with Crippen LogP contribution in [0.4, 0.5) is 0 Å². The number of ether oxygens (including phenoxy) is 1. The third-order valence-corrected chi connectivity index (χ3v) is 8.23. The summed E-state index contributed by atoms with van der Waals surface area (Å²) in [4.78, 5) is 41.6. The number of rotatable bonds is 5. The van der Waals surface area contributed by atoms with E-state index in [0.29, 0.717) is 19.4 Å². The van der Waals surface area contributed by atoms with Gasteiger partial charge in [-0.2, -0.15) is 0 Å². The number of hydrogen-bond acceptors (Lipinski definition) is 5. The van der Waals surface area contributed by atoms with E-state index in [1.54, 1.807) is 11.9 Å². The molecule has 3 N–H and O–H groups in total. The second-order valence-corrected chi connectivity index (χ2v) is 10.3. The molecule has 2 unspecified atom stereocenters. The molecule has 2 aliphatic heterocycles. The summed E-state index contributed by atoms with van der Waals surface area (Å²) in [6.45, 7) is 0.529. The van der Waals surface area contributed by atoms with Crippen molar-refractivity contribution >= 4 is 17.7 Å². The van der Waals surface area contributed by atoms with Crippen molar-refractivity contribution in [3.05, 3.63) is 35.4 Å². The number of carbonyl (C=O) groups is 3. The molecule has 0 aromatic heterocycles. The van der Waals surface area contributed by atoms with Gasteiger partial charge in [-0.3, -0.25) is 14.4 Å². The average molecular weight is 469 g/mol. The van der Waals surface area contributed by atoms with Gasteiger partial charge < -0.3 is 25.6 Å².